The molecule has 1 heterocycles. The van der Waals surface area contributed by atoms with Crippen LogP contribution in [0.4, 0.5) is 0 Å². The number of rotatable bonds is 11. The molecule has 0 aliphatic rings. The van der Waals surface area contributed by atoms with E-state index in [-0.39, 0.29) is 16.9 Å². The van der Waals surface area contributed by atoms with Crippen molar-refractivity contribution in [3.05, 3.63) is 100 Å². The third kappa shape index (κ3) is 6.42. The number of carbonyl (C=O) groups is 1. The lowest BCUT2D eigenvalue weighted by Crippen LogP contribution is -2.20. The van der Waals surface area contributed by atoms with Gasteiger partial charge in [-0.3, -0.25) is 4.79 Å². The van der Waals surface area contributed by atoms with Crippen LogP contribution in [0.3, 0.4) is 0 Å². The predicted molar refractivity (Wildman–Crippen MR) is 170 cm³/mol. The lowest BCUT2D eigenvalue weighted by atomic mass is 10.1. The van der Waals surface area contributed by atoms with Gasteiger partial charge in [-0.05, 0) is 79.2 Å². The van der Waals surface area contributed by atoms with Crippen LogP contribution >= 0.6 is 0 Å². The topological polar surface area (TPSA) is 120 Å². The van der Waals surface area contributed by atoms with Crippen molar-refractivity contribution in [1.82, 2.24) is 9.66 Å². The molecule has 0 N–H and O–H groups in total. The molecule has 0 aliphatic carbocycles. The number of carbonyl (C=O) groups excluding carboxylic acids is 1. The summed E-state index contributed by atoms with van der Waals surface area (Å²) < 4.78 is 34.1. The molecular formula is C34H31N3O8. The molecule has 0 unspecified atom stereocenters. The van der Waals surface area contributed by atoms with Gasteiger partial charge in [-0.15, -0.1) is 0 Å². The number of hydrogen-bond donors (Lipinski definition) is 0. The lowest BCUT2D eigenvalue weighted by Gasteiger charge is -2.15. The van der Waals surface area contributed by atoms with Crippen LogP contribution in [0.15, 0.2) is 88.8 Å². The normalized spacial score (nSPS) is 11.0. The number of ether oxygens (including phenoxy) is 6. The van der Waals surface area contributed by atoms with E-state index in [0.29, 0.717) is 63.2 Å². The van der Waals surface area contributed by atoms with Crippen molar-refractivity contribution >= 4 is 23.1 Å². The number of nitrogens with zero attached hydrogens (tertiary/aromatic N) is 3. The van der Waals surface area contributed by atoms with Gasteiger partial charge >= 0.3 is 5.97 Å². The minimum Gasteiger partial charge on any atom is -0.497 e. The molecule has 0 aliphatic heterocycles. The predicted octanol–water partition coefficient (Wildman–Crippen LogP) is 5.60. The summed E-state index contributed by atoms with van der Waals surface area (Å²) in [6.45, 7) is 2.12. The minimum absolute atomic E-state index is 0.187. The van der Waals surface area contributed by atoms with Crippen LogP contribution in [0.5, 0.6) is 34.5 Å². The van der Waals surface area contributed by atoms with Crippen molar-refractivity contribution in [1.29, 1.82) is 0 Å². The van der Waals surface area contributed by atoms with Gasteiger partial charge < -0.3 is 28.4 Å². The number of para-hydroxylation sites is 1. The number of esters is 1. The summed E-state index contributed by atoms with van der Waals surface area (Å²) in [4.78, 5) is 31.4. The van der Waals surface area contributed by atoms with Crippen molar-refractivity contribution in [2.75, 3.05) is 35.0 Å². The largest absolute Gasteiger partial charge is 0.497 e. The van der Waals surface area contributed by atoms with Crippen LogP contribution in [0.25, 0.3) is 22.3 Å². The Kier molecular flexibility index (Phi) is 9.28. The van der Waals surface area contributed by atoms with Gasteiger partial charge in [0.15, 0.2) is 28.8 Å². The molecule has 5 rings (SSSR count). The number of benzene rings is 4. The quantitative estimate of drug-likeness (QED) is 0.107. The Morgan fingerprint density at radius 2 is 1.53 bits per heavy atom. The zero-order valence-corrected chi connectivity index (χ0v) is 25.4. The monoisotopic (exact) mass is 609 g/mol. The maximum absolute atomic E-state index is 13.6. The molecule has 11 nitrogen and oxygen atoms in total. The second-order valence-corrected chi connectivity index (χ2v) is 9.49. The summed E-state index contributed by atoms with van der Waals surface area (Å²) in [5.41, 5.74) is 1.68. The van der Waals surface area contributed by atoms with Gasteiger partial charge in [-0.25, -0.2) is 9.78 Å². The third-order valence-corrected chi connectivity index (χ3v) is 6.79. The molecule has 0 atom stereocenters. The van der Waals surface area contributed by atoms with Crippen molar-refractivity contribution in [3.8, 4) is 45.9 Å². The average molecular weight is 610 g/mol. The summed E-state index contributed by atoms with van der Waals surface area (Å²) >= 11 is 0. The molecule has 0 saturated heterocycles. The maximum atomic E-state index is 13.6. The number of aromatic nitrogens is 2. The minimum atomic E-state index is -0.658. The van der Waals surface area contributed by atoms with Crippen LogP contribution < -0.4 is 34.0 Å². The van der Waals surface area contributed by atoms with E-state index in [1.54, 1.807) is 55.6 Å². The van der Waals surface area contributed by atoms with Gasteiger partial charge in [-0.1, -0.05) is 12.1 Å². The summed E-state index contributed by atoms with van der Waals surface area (Å²) in [6.07, 6.45) is 1.51. The molecule has 11 heteroatoms. The fourth-order valence-corrected chi connectivity index (χ4v) is 4.60. The highest BCUT2D eigenvalue weighted by Crippen LogP contribution is 2.39. The van der Waals surface area contributed by atoms with E-state index < -0.39 is 5.97 Å². The second kappa shape index (κ2) is 13.6. The summed E-state index contributed by atoms with van der Waals surface area (Å²) in [5, 5.41) is 4.95. The third-order valence-electron chi connectivity index (χ3n) is 6.79. The molecule has 0 fully saturated rings. The Morgan fingerprint density at radius 3 is 2.18 bits per heavy atom. The zero-order valence-electron chi connectivity index (χ0n) is 25.4. The van der Waals surface area contributed by atoms with Gasteiger partial charge in [0.05, 0.1) is 57.7 Å². The molecule has 0 amide bonds. The van der Waals surface area contributed by atoms with E-state index in [4.69, 9.17) is 33.4 Å². The SMILES string of the molecule is CCOc1cc(C=Nn2c(-c3ccc(OC)cc3)nc3ccccc3c2=O)ccc1OC(=O)c1cc(OC)c(OC)c(OC)c1. The first-order chi connectivity index (χ1) is 21.9. The highest BCUT2D eigenvalue weighted by Gasteiger charge is 2.20. The van der Waals surface area contributed by atoms with Gasteiger partial charge in [0.2, 0.25) is 5.75 Å². The Labute approximate surface area is 259 Å². The van der Waals surface area contributed by atoms with E-state index in [0.717, 1.165) is 0 Å². The average Bonchev–Trinajstić information content (AvgIpc) is 3.08. The van der Waals surface area contributed by atoms with Crippen molar-refractivity contribution < 1.29 is 33.2 Å². The molecular weight excluding hydrogens is 578 g/mol. The van der Waals surface area contributed by atoms with Crippen LogP contribution in [0, 0.1) is 0 Å². The van der Waals surface area contributed by atoms with Crippen LogP contribution in [0.2, 0.25) is 0 Å². The zero-order chi connectivity index (χ0) is 31.9. The molecule has 45 heavy (non-hydrogen) atoms. The second-order valence-electron chi connectivity index (χ2n) is 9.49. The highest BCUT2D eigenvalue weighted by atomic mass is 16.6. The molecule has 1 aromatic heterocycles. The Bertz CT molecular complexity index is 1910. The van der Waals surface area contributed by atoms with Gasteiger partial charge in [0.25, 0.3) is 5.56 Å². The summed E-state index contributed by atoms with van der Waals surface area (Å²) in [5.74, 6) is 1.85. The van der Waals surface area contributed by atoms with Crippen molar-refractivity contribution in [2.45, 2.75) is 6.92 Å². The van der Waals surface area contributed by atoms with Crippen LogP contribution in [-0.2, 0) is 0 Å². The smallest absolute Gasteiger partial charge is 0.343 e. The molecule has 0 radical (unpaired) electrons. The highest BCUT2D eigenvalue weighted by molar-refractivity contribution is 5.93. The first kappa shape index (κ1) is 30.6. The lowest BCUT2D eigenvalue weighted by molar-refractivity contribution is 0.0727. The molecule has 0 saturated carbocycles. The summed E-state index contributed by atoms with van der Waals surface area (Å²) in [7, 11) is 5.98. The first-order valence-electron chi connectivity index (χ1n) is 13.9. The Morgan fingerprint density at radius 1 is 0.822 bits per heavy atom. The number of fused-ring (bicyclic) bond motifs is 1. The first-order valence-corrected chi connectivity index (χ1v) is 13.9. The molecule has 4 aromatic carbocycles. The molecule has 0 bridgehead atoms. The van der Waals surface area contributed by atoms with E-state index in [9.17, 15) is 9.59 Å². The number of hydrogen-bond acceptors (Lipinski definition) is 10. The van der Waals surface area contributed by atoms with Gasteiger partial charge in [0, 0.05) is 5.56 Å². The summed E-state index contributed by atoms with van der Waals surface area (Å²) in [6, 6.07) is 22.2. The molecule has 230 valence electrons. The molecule has 5 aromatic rings. The van der Waals surface area contributed by atoms with E-state index in [1.807, 2.05) is 25.1 Å². The van der Waals surface area contributed by atoms with Gasteiger partial charge in [-0.2, -0.15) is 9.78 Å². The number of methoxy groups -OCH3 is 4. The van der Waals surface area contributed by atoms with E-state index in [2.05, 4.69) is 5.10 Å². The Hall–Kier alpha value is -5.84. The maximum Gasteiger partial charge on any atom is 0.343 e. The van der Waals surface area contributed by atoms with Crippen molar-refractivity contribution in [2.24, 2.45) is 5.10 Å². The Balaban J connectivity index is 1.49. The van der Waals surface area contributed by atoms with Gasteiger partial charge in [0.1, 0.15) is 5.75 Å². The van der Waals surface area contributed by atoms with E-state index >= 15 is 0 Å². The van der Waals surface area contributed by atoms with Crippen molar-refractivity contribution in [3.63, 3.8) is 0 Å². The fourth-order valence-electron chi connectivity index (χ4n) is 4.60. The van der Waals surface area contributed by atoms with Crippen LogP contribution in [-0.4, -0.2) is 56.9 Å². The van der Waals surface area contributed by atoms with Crippen LogP contribution in [0.1, 0.15) is 22.8 Å². The van der Waals surface area contributed by atoms with E-state index in [1.165, 1.54) is 44.4 Å². The standard InChI is InChI=1S/C34H31N3O8/c1-6-44-28-17-21(11-16-27(28)45-34(39)23-18-29(41-3)31(43-5)30(19-23)42-4)20-35-37-32(22-12-14-24(40-2)15-13-22)36-26-10-8-7-9-25(26)33(37)38/h7-20H,6H2,1-5H3. The fraction of sp³-hybridized carbons (Fsp3) is 0.176. The molecule has 0 spiro atoms.